The van der Waals surface area contributed by atoms with Crippen molar-refractivity contribution >= 4 is 9.84 Å². The molecule has 12 heavy (non-hydrogen) atoms. The lowest BCUT2D eigenvalue weighted by atomic mass is 10.2. The molecule has 0 aliphatic heterocycles. The molecule has 0 saturated carbocycles. The Kier molecular flexibility index (Phi) is 5.50. The zero-order valence-corrected chi connectivity index (χ0v) is 8.60. The fourth-order valence-electron chi connectivity index (χ4n) is 0.901. The van der Waals surface area contributed by atoms with Crippen LogP contribution in [-0.2, 0) is 9.84 Å². The predicted molar refractivity (Wildman–Crippen MR) is 49.6 cm³/mol. The van der Waals surface area contributed by atoms with Crippen molar-refractivity contribution in [3.05, 3.63) is 0 Å². The summed E-state index contributed by atoms with van der Waals surface area (Å²) in [6.45, 7) is 3.37. The largest absolute Gasteiger partial charge is 0.377 e. The van der Waals surface area contributed by atoms with Crippen LogP contribution in [-0.4, -0.2) is 24.7 Å². The molecule has 0 amide bonds. The summed E-state index contributed by atoms with van der Waals surface area (Å²) in [5.41, 5.74) is -1.21. The van der Waals surface area contributed by atoms with Crippen molar-refractivity contribution in [1.29, 1.82) is 0 Å². The maximum atomic E-state index is 11.0. The minimum atomic E-state index is -3.22. The molecule has 0 aromatic rings. The van der Waals surface area contributed by atoms with Gasteiger partial charge in [-0.2, -0.15) is 0 Å². The van der Waals surface area contributed by atoms with Crippen molar-refractivity contribution in [1.82, 2.24) is 0 Å². The van der Waals surface area contributed by atoms with Gasteiger partial charge in [-0.1, -0.05) is 26.2 Å². The molecule has 4 heteroatoms. The van der Waals surface area contributed by atoms with Gasteiger partial charge >= 0.3 is 0 Å². The lowest BCUT2D eigenvalue weighted by molar-refractivity contribution is 0.268. The summed E-state index contributed by atoms with van der Waals surface area (Å²) >= 11 is 0. The highest BCUT2D eigenvalue weighted by Gasteiger charge is 2.16. The van der Waals surface area contributed by atoms with Gasteiger partial charge in [-0.05, 0) is 13.3 Å². The first-order valence-electron chi connectivity index (χ1n) is 4.40. The van der Waals surface area contributed by atoms with E-state index in [1.807, 2.05) is 0 Å². The SMILES string of the molecule is CCCCCCS(=O)(=O)C(C)O. The van der Waals surface area contributed by atoms with Crippen LogP contribution in [0.4, 0.5) is 0 Å². The van der Waals surface area contributed by atoms with E-state index in [0.717, 1.165) is 19.3 Å². The number of aliphatic hydroxyl groups is 1. The average Bonchev–Trinajstić information content (AvgIpc) is 1.98. The van der Waals surface area contributed by atoms with Gasteiger partial charge in [0, 0.05) is 0 Å². The van der Waals surface area contributed by atoms with Gasteiger partial charge in [0.25, 0.3) is 0 Å². The van der Waals surface area contributed by atoms with E-state index in [4.69, 9.17) is 5.11 Å². The molecule has 0 aliphatic carbocycles. The molecule has 0 saturated heterocycles. The molecule has 0 spiro atoms. The van der Waals surface area contributed by atoms with E-state index in [1.165, 1.54) is 6.92 Å². The van der Waals surface area contributed by atoms with Crippen LogP contribution >= 0.6 is 0 Å². The van der Waals surface area contributed by atoms with Gasteiger partial charge in [-0.25, -0.2) is 8.42 Å². The Hall–Kier alpha value is -0.0900. The number of aliphatic hydroxyl groups excluding tert-OH is 1. The Labute approximate surface area is 74.7 Å². The van der Waals surface area contributed by atoms with Crippen molar-refractivity contribution in [3.63, 3.8) is 0 Å². The van der Waals surface area contributed by atoms with E-state index in [1.54, 1.807) is 0 Å². The Morgan fingerprint density at radius 3 is 2.25 bits per heavy atom. The second kappa shape index (κ2) is 5.54. The first-order valence-corrected chi connectivity index (χ1v) is 6.12. The fourth-order valence-corrected chi connectivity index (χ4v) is 1.85. The van der Waals surface area contributed by atoms with Gasteiger partial charge in [0.15, 0.2) is 15.3 Å². The maximum Gasteiger partial charge on any atom is 0.176 e. The van der Waals surface area contributed by atoms with Crippen LogP contribution in [0.2, 0.25) is 0 Å². The van der Waals surface area contributed by atoms with Crippen LogP contribution in [0.3, 0.4) is 0 Å². The van der Waals surface area contributed by atoms with Gasteiger partial charge in [0.1, 0.15) is 0 Å². The molecule has 1 atom stereocenters. The molecule has 74 valence electrons. The van der Waals surface area contributed by atoms with Crippen LogP contribution in [0.1, 0.15) is 39.5 Å². The van der Waals surface area contributed by atoms with Crippen molar-refractivity contribution in [2.45, 2.75) is 45.0 Å². The van der Waals surface area contributed by atoms with Gasteiger partial charge in [-0.15, -0.1) is 0 Å². The van der Waals surface area contributed by atoms with E-state index >= 15 is 0 Å². The summed E-state index contributed by atoms with van der Waals surface area (Å²) in [6, 6.07) is 0. The lowest BCUT2D eigenvalue weighted by Gasteiger charge is -2.05. The minimum Gasteiger partial charge on any atom is -0.377 e. The number of hydrogen-bond acceptors (Lipinski definition) is 3. The van der Waals surface area contributed by atoms with E-state index < -0.39 is 15.3 Å². The standard InChI is InChI=1S/C8H18O3S/c1-3-4-5-6-7-12(10,11)8(2)9/h8-9H,3-7H2,1-2H3. The lowest BCUT2D eigenvalue weighted by Crippen LogP contribution is -2.20. The second-order valence-corrected chi connectivity index (χ2v) is 5.44. The highest BCUT2D eigenvalue weighted by Crippen LogP contribution is 2.05. The monoisotopic (exact) mass is 194 g/mol. The minimum absolute atomic E-state index is 0.116. The van der Waals surface area contributed by atoms with E-state index in [2.05, 4.69) is 6.92 Å². The van der Waals surface area contributed by atoms with E-state index in [-0.39, 0.29) is 5.75 Å². The highest BCUT2D eigenvalue weighted by atomic mass is 32.2. The molecule has 0 aromatic heterocycles. The van der Waals surface area contributed by atoms with Crippen molar-refractivity contribution in [2.75, 3.05) is 5.75 Å². The topological polar surface area (TPSA) is 54.4 Å². The molecular weight excluding hydrogens is 176 g/mol. The number of rotatable bonds is 6. The Bertz CT molecular complexity index is 194. The molecule has 3 nitrogen and oxygen atoms in total. The molecule has 0 fully saturated rings. The molecule has 0 heterocycles. The Morgan fingerprint density at radius 1 is 1.25 bits per heavy atom. The normalized spacial score (nSPS) is 14.6. The average molecular weight is 194 g/mol. The third-order valence-corrected chi connectivity index (χ3v) is 3.70. The van der Waals surface area contributed by atoms with Crippen molar-refractivity contribution in [3.8, 4) is 0 Å². The van der Waals surface area contributed by atoms with Gasteiger partial charge in [0.05, 0.1) is 5.75 Å². The molecule has 1 unspecified atom stereocenters. The van der Waals surface area contributed by atoms with Crippen LogP contribution < -0.4 is 0 Å². The summed E-state index contributed by atoms with van der Waals surface area (Å²) in [4.78, 5) is 0. The fraction of sp³-hybridized carbons (Fsp3) is 1.00. The summed E-state index contributed by atoms with van der Waals surface area (Å²) in [5, 5.41) is 8.85. The van der Waals surface area contributed by atoms with Crippen LogP contribution in [0, 0.1) is 0 Å². The number of sulfone groups is 1. The predicted octanol–water partition coefficient (Wildman–Crippen LogP) is 1.32. The molecular formula is C8H18O3S. The number of unbranched alkanes of at least 4 members (excludes halogenated alkanes) is 3. The maximum absolute atomic E-state index is 11.0. The molecule has 1 N–H and O–H groups in total. The smallest absolute Gasteiger partial charge is 0.176 e. The Morgan fingerprint density at radius 2 is 1.83 bits per heavy atom. The zero-order valence-electron chi connectivity index (χ0n) is 7.78. The van der Waals surface area contributed by atoms with Crippen molar-refractivity contribution < 1.29 is 13.5 Å². The highest BCUT2D eigenvalue weighted by molar-refractivity contribution is 7.91. The van der Waals surface area contributed by atoms with Crippen LogP contribution in [0.25, 0.3) is 0 Å². The Balaban J connectivity index is 3.63. The second-order valence-electron chi connectivity index (χ2n) is 3.03. The summed E-state index contributed by atoms with van der Waals surface area (Å²) in [5.74, 6) is 0.116. The van der Waals surface area contributed by atoms with Gasteiger partial charge in [0.2, 0.25) is 0 Å². The third kappa shape index (κ3) is 4.72. The van der Waals surface area contributed by atoms with E-state index in [0.29, 0.717) is 6.42 Å². The first-order chi connectivity index (χ1) is 5.50. The molecule has 0 radical (unpaired) electrons. The van der Waals surface area contributed by atoms with Gasteiger partial charge in [-0.3, -0.25) is 0 Å². The molecule has 0 aliphatic rings. The zero-order chi connectivity index (χ0) is 9.61. The van der Waals surface area contributed by atoms with Crippen molar-refractivity contribution in [2.24, 2.45) is 0 Å². The van der Waals surface area contributed by atoms with Crippen LogP contribution in [0.15, 0.2) is 0 Å². The quantitative estimate of drug-likeness (QED) is 0.649. The first kappa shape index (κ1) is 11.9. The molecule has 0 bridgehead atoms. The van der Waals surface area contributed by atoms with E-state index in [9.17, 15) is 8.42 Å². The summed E-state index contributed by atoms with van der Waals surface area (Å²) in [7, 11) is -3.22. The number of hydrogen-bond donors (Lipinski definition) is 1. The molecule has 0 aromatic carbocycles. The molecule has 0 rings (SSSR count). The summed E-state index contributed by atoms with van der Waals surface area (Å²) < 4.78 is 22.1. The summed E-state index contributed by atoms with van der Waals surface area (Å²) in [6.07, 6.45) is 3.76. The van der Waals surface area contributed by atoms with Gasteiger partial charge < -0.3 is 5.11 Å². The van der Waals surface area contributed by atoms with Crippen LogP contribution in [0.5, 0.6) is 0 Å². The third-order valence-electron chi connectivity index (χ3n) is 1.80.